The Morgan fingerprint density at radius 3 is 2.79 bits per heavy atom. The normalized spacial score (nSPS) is 10.8. The minimum Gasteiger partial charge on any atom is -0.508 e. The molecule has 5 nitrogen and oxygen atoms in total. The molecule has 0 saturated carbocycles. The van der Waals surface area contributed by atoms with Crippen LogP contribution in [-0.4, -0.2) is 35.1 Å². The molecular weight excluding hydrogens is 242 g/mol. The van der Waals surface area contributed by atoms with Crippen molar-refractivity contribution in [3.63, 3.8) is 0 Å². The van der Waals surface area contributed by atoms with Crippen LogP contribution in [0.25, 0.3) is 0 Å². The summed E-state index contributed by atoms with van der Waals surface area (Å²) in [6, 6.07) is 7.17. The SMILES string of the molecule is COCCNCc1cnn(Cc2ccc(O)cc2)c1. The number of rotatable bonds is 7. The summed E-state index contributed by atoms with van der Waals surface area (Å²) in [5, 5.41) is 16.8. The van der Waals surface area contributed by atoms with Crippen LogP contribution in [0.5, 0.6) is 5.75 Å². The van der Waals surface area contributed by atoms with Crippen molar-refractivity contribution >= 4 is 0 Å². The predicted octanol–water partition coefficient (Wildman–Crippen LogP) is 1.37. The van der Waals surface area contributed by atoms with E-state index >= 15 is 0 Å². The van der Waals surface area contributed by atoms with Gasteiger partial charge in [0.25, 0.3) is 0 Å². The highest BCUT2D eigenvalue weighted by Crippen LogP contribution is 2.10. The summed E-state index contributed by atoms with van der Waals surface area (Å²) in [6.45, 7) is 3.04. The Kier molecular flexibility index (Phi) is 4.94. The molecule has 0 atom stereocenters. The van der Waals surface area contributed by atoms with Crippen molar-refractivity contribution in [1.82, 2.24) is 15.1 Å². The lowest BCUT2D eigenvalue weighted by Gasteiger charge is -2.02. The lowest BCUT2D eigenvalue weighted by Crippen LogP contribution is -2.18. The molecule has 1 heterocycles. The lowest BCUT2D eigenvalue weighted by molar-refractivity contribution is 0.199. The van der Waals surface area contributed by atoms with Crippen LogP contribution in [0, 0.1) is 0 Å². The molecule has 0 radical (unpaired) electrons. The Bertz CT molecular complexity index is 494. The molecular formula is C14H19N3O2. The Balaban J connectivity index is 1.85. The van der Waals surface area contributed by atoms with Gasteiger partial charge in [-0.15, -0.1) is 0 Å². The average molecular weight is 261 g/mol. The smallest absolute Gasteiger partial charge is 0.115 e. The fraction of sp³-hybridized carbons (Fsp3) is 0.357. The third-order valence-electron chi connectivity index (χ3n) is 2.78. The molecule has 1 aromatic carbocycles. The van der Waals surface area contributed by atoms with Gasteiger partial charge in [-0.1, -0.05) is 12.1 Å². The molecule has 0 spiro atoms. The molecule has 102 valence electrons. The van der Waals surface area contributed by atoms with Crippen molar-refractivity contribution in [2.24, 2.45) is 0 Å². The van der Waals surface area contributed by atoms with Gasteiger partial charge in [-0.05, 0) is 17.7 Å². The van der Waals surface area contributed by atoms with E-state index in [1.54, 1.807) is 19.2 Å². The number of aromatic hydroxyl groups is 1. The van der Waals surface area contributed by atoms with Crippen LogP contribution in [0.2, 0.25) is 0 Å². The molecule has 1 aromatic heterocycles. The highest BCUT2D eigenvalue weighted by Gasteiger charge is 2.00. The molecule has 2 rings (SSSR count). The molecule has 0 aliphatic heterocycles. The second kappa shape index (κ2) is 6.92. The number of benzene rings is 1. The fourth-order valence-electron chi connectivity index (χ4n) is 1.78. The second-order valence-electron chi connectivity index (χ2n) is 4.38. The van der Waals surface area contributed by atoms with E-state index in [0.29, 0.717) is 13.2 Å². The lowest BCUT2D eigenvalue weighted by atomic mass is 10.2. The van der Waals surface area contributed by atoms with E-state index in [1.165, 1.54) is 0 Å². The molecule has 0 fully saturated rings. The quantitative estimate of drug-likeness (QED) is 0.739. The molecule has 0 aliphatic rings. The number of ether oxygens (including phenoxy) is 1. The molecule has 2 aromatic rings. The summed E-state index contributed by atoms with van der Waals surface area (Å²) in [5.74, 6) is 0.284. The van der Waals surface area contributed by atoms with Crippen molar-refractivity contribution in [3.8, 4) is 5.75 Å². The first kappa shape index (κ1) is 13.6. The summed E-state index contributed by atoms with van der Waals surface area (Å²) < 4.78 is 6.86. The number of phenols is 1. The molecule has 0 saturated heterocycles. The Hall–Kier alpha value is -1.85. The summed E-state index contributed by atoms with van der Waals surface area (Å²) in [4.78, 5) is 0. The number of methoxy groups -OCH3 is 1. The summed E-state index contributed by atoms with van der Waals surface area (Å²) in [7, 11) is 1.69. The van der Waals surface area contributed by atoms with E-state index in [9.17, 15) is 5.11 Å². The number of aromatic nitrogens is 2. The van der Waals surface area contributed by atoms with Crippen LogP contribution in [0.4, 0.5) is 0 Å². The van der Waals surface area contributed by atoms with Gasteiger partial charge < -0.3 is 15.2 Å². The first-order chi connectivity index (χ1) is 9.28. The summed E-state index contributed by atoms with van der Waals surface area (Å²) >= 11 is 0. The molecule has 0 unspecified atom stereocenters. The molecule has 0 aliphatic carbocycles. The Labute approximate surface area is 112 Å². The topological polar surface area (TPSA) is 59.3 Å². The van der Waals surface area contributed by atoms with Crippen LogP contribution in [0.15, 0.2) is 36.7 Å². The van der Waals surface area contributed by atoms with E-state index in [0.717, 1.165) is 24.2 Å². The van der Waals surface area contributed by atoms with Crippen molar-refractivity contribution in [1.29, 1.82) is 0 Å². The zero-order valence-electron chi connectivity index (χ0n) is 11.0. The van der Waals surface area contributed by atoms with E-state index in [-0.39, 0.29) is 5.75 Å². The molecule has 0 bridgehead atoms. The first-order valence-electron chi connectivity index (χ1n) is 6.27. The van der Waals surface area contributed by atoms with Crippen LogP contribution < -0.4 is 5.32 Å². The maximum absolute atomic E-state index is 9.23. The minimum atomic E-state index is 0.284. The van der Waals surface area contributed by atoms with Gasteiger partial charge in [0.1, 0.15) is 5.75 Å². The molecule has 19 heavy (non-hydrogen) atoms. The molecule has 5 heteroatoms. The number of hydrogen-bond donors (Lipinski definition) is 2. The van der Waals surface area contributed by atoms with Crippen LogP contribution in [0.1, 0.15) is 11.1 Å². The van der Waals surface area contributed by atoms with E-state index in [2.05, 4.69) is 10.4 Å². The van der Waals surface area contributed by atoms with Crippen molar-refractivity contribution < 1.29 is 9.84 Å². The first-order valence-corrected chi connectivity index (χ1v) is 6.27. The maximum Gasteiger partial charge on any atom is 0.115 e. The number of nitrogens with one attached hydrogen (secondary N) is 1. The monoisotopic (exact) mass is 261 g/mol. The van der Waals surface area contributed by atoms with Crippen LogP contribution in [-0.2, 0) is 17.8 Å². The number of hydrogen-bond acceptors (Lipinski definition) is 4. The third-order valence-corrected chi connectivity index (χ3v) is 2.78. The van der Waals surface area contributed by atoms with Gasteiger partial charge in [0.05, 0.1) is 19.3 Å². The zero-order valence-corrected chi connectivity index (χ0v) is 11.0. The largest absolute Gasteiger partial charge is 0.508 e. The Morgan fingerprint density at radius 1 is 1.26 bits per heavy atom. The van der Waals surface area contributed by atoms with Crippen LogP contribution in [0.3, 0.4) is 0 Å². The van der Waals surface area contributed by atoms with Crippen molar-refractivity contribution in [3.05, 3.63) is 47.8 Å². The standard InChI is InChI=1S/C14H19N3O2/c1-19-7-6-15-8-13-9-16-17(11-13)10-12-2-4-14(18)5-3-12/h2-5,9,11,15,18H,6-8,10H2,1H3. The van der Waals surface area contributed by atoms with Gasteiger partial charge in [-0.2, -0.15) is 5.10 Å². The van der Waals surface area contributed by atoms with Crippen LogP contribution >= 0.6 is 0 Å². The van der Waals surface area contributed by atoms with Gasteiger partial charge in [-0.3, -0.25) is 4.68 Å². The van der Waals surface area contributed by atoms with E-state index < -0.39 is 0 Å². The molecule has 0 amide bonds. The van der Waals surface area contributed by atoms with Gasteiger partial charge >= 0.3 is 0 Å². The fourth-order valence-corrected chi connectivity index (χ4v) is 1.78. The van der Waals surface area contributed by atoms with Crippen molar-refractivity contribution in [2.75, 3.05) is 20.3 Å². The second-order valence-corrected chi connectivity index (χ2v) is 4.38. The van der Waals surface area contributed by atoms with Gasteiger partial charge in [0.2, 0.25) is 0 Å². The summed E-state index contributed by atoms with van der Waals surface area (Å²) in [6.07, 6.45) is 3.88. The molecule has 2 N–H and O–H groups in total. The van der Waals surface area contributed by atoms with Crippen molar-refractivity contribution in [2.45, 2.75) is 13.1 Å². The van der Waals surface area contributed by atoms with E-state index in [1.807, 2.05) is 29.2 Å². The third kappa shape index (κ3) is 4.39. The highest BCUT2D eigenvalue weighted by atomic mass is 16.5. The number of phenolic OH excluding ortho intramolecular Hbond substituents is 1. The van der Waals surface area contributed by atoms with Gasteiger partial charge in [-0.25, -0.2) is 0 Å². The summed E-state index contributed by atoms with van der Waals surface area (Å²) in [5.41, 5.74) is 2.26. The Morgan fingerprint density at radius 2 is 2.05 bits per heavy atom. The predicted molar refractivity (Wildman–Crippen MR) is 73.0 cm³/mol. The zero-order chi connectivity index (χ0) is 13.5. The van der Waals surface area contributed by atoms with Gasteiger partial charge in [0.15, 0.2) is 0 Å². The maximum atomic E-state index is 9.23. The number of nitrogens with zero attached hydrogens (tertiary/aromatic N) is 2. The van der Waals surface area contributed by atoms with E-state index in [4.69, 9.17) is 4.74 Å². The highest BCUT2D eigenvalue weighted by molar-refractivity contribution is 5.26. The minimum absolute atomic E-state index is 0.284. The van der Waals surface area contributed by atoms with Gasteiger partial charge in [0, 0.05) is 32.0 Å². The average Bonchev–Trinajstić information content (AvgIpc) is 2.85.